The van der Waals surface area contributed by atoms with Gasteiger partial charge in [-0.2, -0.15) is 11.8 Å². The largest absolute Gasteiger partial charge is 0.325 e. The summed E-state index contributed by atoms with van der Waals surface area (Å²) in [5.74, 6) is 0.932. The molecule has 0 unspecified atom stereocenters. The Morgan fingerprint density at radius 1 is 1.44 bits per heavy atom. The van der Waals surface area contributed by atoms with Crippen molar-refractivity contribution in [1.29, 1.82) is 0 Å². The van der Waals surface area contributed by atoms with Crippen molar-refractivity contribution in [2.75, 3.05) is 16.8 Å². The zero-order chi connectivity index (χ0) is 13.8. The number of thioether (sulfide) groups is 1. The molecule has 0 radical (unpaired) electrons. The van der Waals surface area contributed by atoms with Crippen LogP contribution in [-0.2, 0) is 4.79 Å². The second-order valence-corrected chi connectivity index (χ2v) is 6.40. The van der Waals surface area contributed by atoms with Gasteiger partial charge < -0.3 is 11.1 Å². The highest BCUT2D eigenvalue weighted by Gasteiger charge is 2.13. The zero-order valence-corrected chi connectivity index (χ0v) is 12.6. The van der Waals surface area contributed by atoms with Crippen molar-refractivity contribution in [2.45, 2.75) is 19.4 Å². The predicted molar refractivity (Wildman–Crippen MR) is 80.7 cm³/mol. The molecule has 1 aromatic rings. The summed E-state index contributed by atoms with van der Waals surface area (Å²) >= 11 is 13.3. The number of halogens is 2. The summed E-state index contributed by atoms with van der Waals surface area (Å²) in [6, 6.07) is 5.12. The van der Waals surface area contributed by atoms with E-state index in [0.717, 1.165) is 0 Å². The third-order valence-electron chi connectivity index (χ3n) is 1.93. The van der Waals surface area contributed by atoms with E-state index < -0.39 is 0 Å². The van der Waals surface area contributed by atoms with E-state index in [1.54, 1.807) is 18.2 Å². The van der Waals surface area contributed by atoms with Gasteiger partial charge in [0.05, 0.1) is 21.5 Å². The number of nitrogens with one attached hydrogen (secondary N) is 1. The lowest BCUT2D eigenvalue weighted by Crippen LogP contribution is -2.35. The van der Waals surface area contributed by atoms with Crippen molar-refractivity contribution in [1.82, 2.24) is 0 Å². The van der Waals surface area contributed by atoms with Gasteiger partial charge in [0.15, 0.2) is 0 Å². The van der Waals surface area contributed by atoms with Crippen molar-refractivity contribution < 1.29 is 4.79 Å². The third-order valence-corrected chi connectivity index (χ3v) is 4.17. The Balaban J connectivity index is 2.48. The van der Waals surface area contributed by atoms with Crippen LogP contribution in [0, 0.1) is 0 Å². The maximum atomic E-state index is 11.7. The quantitative estimate of drug-likeness (QED) is 0.876. The fourth-order valence-corrected chi connectivity index (χ4v) is 2.43. The van der Waals surface area contributed by atoms with Crippen LogP contribution in [0.2, 0.25) is 10.0 Å². The highest BCUT2D eigenvalue weighted by atomic mass is 35.5. The normalized spacial score (nSPS) is 11.4. The number of rotatable bonds is 5. The van der Waals surface area contributed by atoms with Crippen LogP contribution in [0.1, 0.15) is 13.8 Å². The molecular formula is C12H16Cl2N2OS. The molecule has 18 heavy (non-hydrogen) atoms. The summed E-state index contributed by atoms with van der Waals surface area (Å²) in [7, 11) is 0. The molecule has 3 nitrogen and oxygen atoms in total. The first kappa shape index (κ1) is 15.6. The van der Waals surface area contributed by atoms with Gasteiger partial charge in [-0.1, -0.05) is 29.3 Å². The maximum absolute atomic E-state index is 11.7. The van der Waals surface area contributed by atoms with Crippen molar-refractivity contribution in [2.24, 2.45) is 5.73 Å². The number of carbonyl (C=O) groups is 1. The van der Waals surface area contributed by atoms with Gasteiger partial charge >= 0.3 is 0 Å². The molecule has 0 atom stereocenters. The molecule has 0 saturated carbocycles. The number of benzene rings is 1. The number of hydrogen-bond acceptors (Lipinski definition) is 3. The summed E-state index contributed by atoms with van der Waals surface area (Å²) in [5, 5.41) is 3.50. The molecule has 1 rings (SSSR count). The van der Waals surface area contributed by atoms with Crippen molar-refractivity contribution >= 4 is 46.6 Å². The molecule has 0 heterocycles. The van der Waals surface area contributed by atoms with Crippen molar-refractivity contribution in [3.8, 4) is 0 Å². The molecule has 1 aromatic carbocycles. The lowest BCUT2D eigenvalue weighted by Gasteiger charge is -2.17. The van der Waals surface area contributed by atoms with E-state index in [-0.39, 0.29) is 11.4 Å². The van der Waals surface area contributed by atoms with Gasteiger partial charge in [0.25, 0.3) is 0 Å². The number of hydrogen-bond donors (Lipinski definition) is 2. The topological polar surface area (TPSA) is 55.1 Å². The van der Waals surface area contributed by atoms with E-state index in [2.05, 4.69) is 5.32 Å². The van der Waals surface area contributed by atoms with E-state index in [0.29, 0.717) is 27.2 Å². The molecule has 0 aliphatic rings. The van der Waals surface area contributed by atoms with Gasteiger partial charge in [-0.05, 0) is 26.0 Å². The second kappa shape index (κ2) is 6.66. The summed E-state index contributed by atoms with van der Waals surface area (Å²) in [6.07, 6.45) is 0. The van der Waals surface area contributed by atoms with Crippen LogP contribution in [0.3, 0.4) is 0 Å². The van der Waals surface area contributed by atoms with E-state index in [1.807, 2.05) is 13.8 Å². The molecule has 100 valence electrons. The van der Waals surface area contributed by atoms with E-state index >= 15 is 0 Å². The Labute approximate surface area is 121 Å². The minimum Gasteiger partial charge on any atom is -0.325 e. The molecule has 3 N–H and O–H groups in total. The number of carbonyl (C=O) groups excluding carboxylic acids is 1. The first-order chi connectivity index (χ1) is 8.29. The Morgan fingerprint density at radius 2 is 2.11 bits per heavy atom. The van der Waals surface area contributed by atoms with Gasteiger partial charge in [0, 0.05) is 11.3 Å². The minimum atomic E-state index is -0.279. The average Bonchev–Trinajstić information content (AvgIpc) is 2.23. The van der Waals surface area contributed by atoms with Crippen LogP contribution in [-0.4, -0.2) is 23.0 Å². The zero-order valence-electron chi connectivity index (χ0n) is 10.3. The van der Waals surface area contributed by atoms with Crippen LogP contribution in [0.25, 0.3) is 0 Å². The summed E-state index contributed by atoms with van der Waals surface area (Å²) in [4.78, 5) is 11.7. The molecule has 0 aliphatic heterocycles. The second-order valence-electron chi connectivity index (χ2n) is 4.63. The molecule has 0 fully saturated rings. The smallest absolute Gasteiger partial charge is 0.234 e. The molecule has 0 bridgehead atoms. The molecule has 0 saturated heterocycles. The third kappa shape index (κ3) is 5.48. The molecular weight excluding hydrogens is 291 g/mol. The van der Waals surface area contributed by atoms with Crippen LogP contribution >= 0.6 is 35.0 Å². The molecule has 0 aliphatic carbocycles. The summed E-state index contributed by atoms with van der Waals surface area (Å²) in [5.41, 5.74) is 6.08. The van der Waals surface area contributed by atoms with Crippen LogP contribution in [0.15, 0.2) is 18.2 Å². The monoisotopic (exact) mass is 306 g/mol. The molecule has 6 heteroatoms. The van der Waals surface area contributed by atoms with E-state index in [1.165, 1.54) is 11.8 Å². The first-order valence-corrected chi connectivity index (χ1v) is 7.31. The first-order valence-electron chi connectivity index (χ1n) is 5.40. The van der Waals surface area contributed by atoms with E-state index in [9.17, 15) is 4.79 Å². The highest BCUT2D eigenvalue weighted by molar-refractivity contribution is 8.00. The highest BCUT2D eigenvalue weighted by Crippen LogP contribution is 2.29. The molecule has 0 spiro atoms. The summed E-state index contributed by atoms with van der Waals surface area (Å²) < 4.78 is 0. The lowest BCUT2D eigenvalue weighted by molar-refractivity contribution is -0.113. The van der Waals surface area contributed by atoms with Crippen molar-refractivity contribution in [3.05, 3.63) is 28.2 Å². The maximum Gasteiger partial charge on any atom is 0.234 e. The van der Waals surface area contributed by atoms with E-state index in [4.69, 9.17) is 28.9 Å². The molecule has 1 amide bonds. The fourth-order valence-electron chi connectivity index (χ4n) is 1.19. The van der Waals surface area contributed by atoms with Gasteiger partial charge in [-0.3, -0.25) is 4.79 Å². The average molecular weight is 307 g/mol. The lowest BCUT2D eigenvalue weighted by atomic mass is 10.1. The van der Waals surface area contributed by atoms with Crippen LogP contribution in [0.5, 0.6) is 0 Å². The minimum absolute atomic E-state index is 0.117. The molecule has 0 aromatic heterocycles. The Morgan fingerprint density at radius 3 is 2.72 bits per heavy atom. The number of amides is 1. The number of anilines is 1. The van der Waals surface area contributed by atoms with Gasteiger partial charge in [0.1, 0.15) is 0 Å². The SMILES string of the molecule is CC(C)(N)CSCC(=O)Nc1cccc(Cl)c1Cl. The predicted octanol–water partition coefficient (Wildman–Crippen LogP) is 3.40. The standard InChI is InChI=1S/C12H16Cl2N2OS/c1-12(2,15)7-18-6-10(17)16-9-5-3-4-8(13)11(9)14/h3-5H,6-7,15H2,1-2H3,(H,16,17). The summed E-state index contributed by atoms with van der Waals surface area (Å²) in [6.45, 7) is 3.84. The Bertz CT molecular complexity index is 433. The van der Waals surface area contributed by atoms with Gasteiger partial charge in [-0.15, -0.1) is 0 Å². The van der Waals surface area contributed by atoms with Crippen LogP contribution < -0.4 is 11.1 Å². The fraction of sp³-hybridized carbons (Fsp3) is 0.417. The van der Waals surface area contributed by atoms with Crippen molar-refractivity contribution in [3.63, 3.8) is 0 Å². The number of nitrogens with two attached hydrogens (primary N) is 1. The van der Waals surface area contributed by atoms with Crippen LogP contribution in [0.4, 0.5) is 5.69 Å². The van der Waals surface area contributed by atoms with Gasteiger partial charge in [-0.25, -0.2) is 0 Å². The Hall–Kier alpha value is -0.420. The van der Waals surface area contributed by atoms with Gasteiger partial charge in [0.2, 0.25) is 5.91 Å². The Kier molecular flexibility index (Phi) is 5.79.